The van der Waals surface area contributed by atoms with Crippen LogP contribution in [0.15, 0.2) is 40.8 Å². The Kier molecular flexibility index (Phi) is 6.53. The third-order valence-electron chi connectivity index (χ3n) is 6.70. The number of piperazine rings is 1. The molecule has 0 atom stereocenters. The fourth-order valence-electron chi connectivity index (χ4n) is 4.76. The van der Waals surface area contributed by atoms with Gasteiger partial charge in [0.05, 0.1) is 23.5 Å². The van der Waals surface area contributed by atoms with Crippen molar-refractivity contribution in [2.45, 2.75) is 44.8 Å². The van der Waals surface area contributed by atoms with Crippen LogP contribution in [0.4, 0.5) is 11.4 Å². The van der Waals surface area contributed by atoms with E-state index in [1.807, 2.05) is 26.0 Å². The van der Waals surface area contributed by atoms with E-state index in [1.54, 1.807) is 18.5 Å². The lowest BCUT2D eigenvalue weighted by Gasteiger charge is -2.36. The molecule has 2 amide bonds. The number of carbonyl (C=O) groups excluding carboxylic acids is 2. The molecule has 10 heteroatoms. The second kappa shape index (κ2) is 9.77. The number of allylic oxidation sites excluding steroid dienone is 1. The zero-order valence-corrected chi connectivity index (χ0v) is 20.8. The molecule has 3 heterocycles. The zero-order chi connectivity index (χ0) is 25.3. The highest BCUT2D eigenvalue weighted by molar-refractivity contribution is 6.18. The quantitative estimate of drug-likeness (QED) is 0.341. The first-order valence-corrected chi connectivity index (χ1v) is 12.5. The summed E-state index contributed by atoms with van der Waals surface area (Å²) in [6, 6.07) is 4.36. The highest BCUT2D eigenvalue weighted by Gasteiger charge is 2.33. The number of carbonyl (C=O) groups is 2. The minimum atomic E-state index is -0.408. The third-order valence-corrected chi connectivity index (χ3v) is 6.70. The van der Waals surface area contributed by atoms with Crippen molar-refractivity contribution in [1.82, 2.24) is 15.5 Å². The second-order valence-electron chi connectivity index (χ2n) is 10.3. The topological polar surface area (TPSA) is 122 Å². The lowest BCUT2D eigenvalue weighted by atomic mass is 10.0. The van der Waals surface area contributed by atoms with Gasteiger partial charge in [0.15, 0.2) is 0 Å². The predicted octanol–water partition coefficient (Wildman–Crippen LogP) is 1.79. The van der Waals surface area contributed by atoms with Crippen molar-refractivity contribution in [2.75, 3.05) is 42.9 Å². The molecule has 0 radical (unpaired) electrons. The standard InChI is InChI=1S/C26H33N7O3/c1-26(2)14-17-12-20(31-25(35)19(15-27)24-28-6-3-7-29-24)21(13-22(17)36-26)33-10-8-32(9-11-33)16-23(34)30-18-4-5-18/h3,6-7,12-13,15,18,27-28H,4-5,8-11,14,16H2,1-2H3,(H,30,34)(H,31,35)/b24-19-,27-15?. The average molecular weight is 492 g/mol. The first kappa shape index (κ1) is 24.1. The van der Waals surface area contributed by atoms with Crippen LogP contribution in [0.2, 0.25) is 0 Å². The van der Waals surface area contributed by atoms with Crippen LogP contribution < -0.4 is 25.6 Å². The molecule has 5 rings (SSSR count). The van der Waals surface area contributed by atoms with Crippen molar-refractivity contribution in [1.29, 1.82) is 5.41 Å². The maximum Gasteiger partial charge on any atom is 0.261 e. The number of nitrogens with zero attached hydrogens (tertiary/aromatic N) is 3. The number of hydrogen-bond acceptors (Lipinski definition) is 8. The van der Waals surface area contributed by atoms with Gasteiger partial charge in [0.2, 0.25) is 5.91 Å². The molecule has 1 aliphatic carbocycles. The van der Waals surface area contributed by atoms with Crippen molar-refractivity contribution in [3.8, 4) is 5.75 Å². The van der Waals surface area contributed by atoms with Gasteiger partial charge in [-0.3, -0.25) is 14.5 Å². The molecule has 0 aromatic heterocycles. The number of anilines is 2. The average Bonchev–Trinajstić information content (AvgIpc) is 3.60. The Morgan fingerprint density at radius 2 is 2.03 bits per heavy atom. The van der Waals surface area contributed by atoms with Gasteiger partial charge in [-0.05, 0) is 38.8 Å². The Morgan fingerprint density at radius 1 is 1.25 bits per heavy atom. The molecule has 0 spiro atoms. The zero-order valence-electron chi connectivity index (χ0n) is 20.8. The van der Waals surface area contributed by atoms with Crippen LogP contribution in [0.5, 0.6) is 5.75 Å². The first-order chi connectivity index (χ1) is 17.3. The number of nitrogens with one attached hydrogen (secondary N) is 4. The van der Waals surface area contributed by atoms with Crippen LogP contribution in [0.1, 0.15) is 32.3 Å². The molecule has 36 heavy (non-hydrogen) atoms. The van der Waals surface area contributed by atoms with Crippen LogP contribution in [0.3, 0.4) is 0 Å². The number of aliphatic imine (C=N–C) groups is 1. The van der Waals surface area contributed by atoms with Crippen LogP contribution in [0.25, 0.3) is 0 Å². The molecule has 1 saturated carbocycles. The van der Waals surface area contributed by atoms with E-state index < -0.39 is 5.91 Å². The van der Waals surface area contributed by atoms with Crippen LogP contribution >= 0.6 is 0 Å². The lowest BCUT2D eigenvalue weighted by Crippen LogP contribution is -2.50. The number of rotatable bonds is 7. The van der Waals surface area contributed by atoms with Crippen molar-refractivity contribution in [3.63, 3.8) is 0 Å². The highest BCUT2D eigenvalue weighted by atomic mass is 16.5. The maximum atomic E-state index is 13.2. The molecule has 1 aromatic rings. The van der Waals surface area contributed by atoms with Crippen molar-refractivity contribution >= 4 is 35.6 Å². The Balaban J connectivity index is 1.35. The highest BCUT2D eigenvalue weighted by Crippen LogP contribution is 2.42. The van der Waals surface area contributed by atoms with Crippen molar-refractivity contribution in [2.24, 2.45) is 4.99 Å². The predicted molar refractivity (Wildman–Crippen MR) is 140 cm³/mol. The van der Waals surface area contributed by atoms with E-state index in [2.05, 4.69) is 30.7 Å². The van der Waals surface area contributed by atoms with Crippen molar-refractivity contribution in [3.05, 3.63) is 41.4 Å². The van der Waals surface area contributed by atoms with Crippen LogP contribution in [-0.4, -0.2) is 73.5 Å². The number of amides is 2. The molecule has 1 aromatic carbocycles. The fraction of sp³-hybridized carbons (Fsp3) is 0.462. The molecular weight excluding hydrogens is 458 g/mol. The van der Waals surface area contributed by atoms with E-state index in [9.17, 15) is 9.59 Å². The number of benzene rings is 1. The van der Waals surface area contributed by atoms with E-state index in [0.29, 0.717) is 24.1 Å². The Morgan fingerprint density at radius 3 is 2.69 bits per heavy atom. The molecular formula is C26H33N7O3. The normalized spacial score (nSPS) is 21.8. The number of ether oxygens (including phenoxy) is 1. The van der Waals surface area contributed by atoms with Gasteiger partial charge >= 0.3 is 0 Å². The Hall–Kier alpha value is -3.66. The Bertz CT molecular complexity index is 1160. The van der Waals surface area contributed by atoms with Crippen LogP contribution in [-0.2, 0) is 16.0 Å². The molecule has 10 nitrogen and oxygen atoms in total. The van der Waals surface area contributed by atoms with E-state index >= 15 is 0 Å². The molecule has 0 bridgehead atoms. The van der Waals surface area contributed by atoms with Gasteiger partial charge in [0, 0.05) is 68.9 Å². The lowest BCUT2D eigenvalue weighted by molar-refractivity contribution is -0.122. The summed E-state index contributed by atoms with van der Waals surface area (Å²) < 4.78 is 6.18. The smallest absolute Gasteiger partial charge is 0.261 e. The molecule has 0 unspecified atom stereocenters. The summed E-state index contributed by atoms with van der Waals surface area (Å²) in [7, 11) is 0. The van der Waals surface area contributed by atoms with E-state index in [1.165, 1.54) is 0 Å². The molecule has 2 fully saturated rings. The molecule has 4 aliphatic rings. The summed E-state index contributed by atoms with van der Waals surface area (Å²) in [5.74, 6) is 0.839. The summed E-state index contributed by atoms with van der Waals surface area (Å²) in [5, 5.41) is 16.8. The van der Waals surface area contributed by atoms with Gasteiger partial charge in [0.25, 0.3) is 5.91 Å². The summed E-state index contributed by atoms with van der Waals surface area (Å²) in [6.07, 6.45) is 8.89. The summed E-state index contributed by atoms with van der Waals surface area (Å²) in [6.45, 7) is 7.44. The third kappa shape index (κ3) is 5.43. The minimum absolute atomic E-state index is 0.0908. The van der Waals surface area contributed by atoms with Gasteiger partial charge in [-0.1, -0.05) is 0 Å². The SMILES string of the molecule is CC1(C)Cc2cc(NC(=O)/C(C=N)=C3\N=CC=CN3)c(N3CCN(CC(=O)NC4CC4)CC3)cc2O1. The molecule has 190 valence electrons. The first-order valence-electron chi connectivity index (χ1n) is 12.5. The molecule has 4 N–H and O–H groups in total. The summed E-state index contributed by atoms with van der Waals surface area (Å²) in [5.41, 5.74) is 2.41. The number of hydrogen-bond donors (Lipinski definition) is 4. The van der Waals surface area contributed by atoms with Gasteiger partial charge < -0.3 is 31.0 Å². The van der Waals surface area contributed by atoms with E-state index in [4.69, 9.17) is 10.1 Å². The van der Waals surface area contributed by atoms with Crippen molar-refractivity contribution < 1.29 is 14.3 Å². The maximum absolute atomic E-state index is 13.2. The monoisotopic (exact) mass is 491 g/mol. The Labute approximate surface area is 211 Å². The van der Waals surface area contributed by atoms with Gasteiger partial charge in [-0.25, -0.2) is 4.99 Å². The van der Waals surface area contributed by atoms with Crippen LogP contribution in [0, 0.1) is 5.41 Å². The summed E-state index contributed by atoms with van der Waals surface area (Å²) >= 11 is 0. The number of fused-ring (bicyclic) bond motifs is 1. The van der Waals surface area contributed by atoms with Gasteiger partial charge in [-0.2, -0.15) is 0 Å². The summed E-state index contributed by atoms with van der Waals surface area (Å²) in [4.78, 5) is 34.0. The van der Waals surface area contributed by atoms with E-state index in [0.717, 1.165) is 68.7 Å². The minimum Gasteiger partial charge on any atom is -0.487 e. The van der Waals surface area contributed by atoms with Gasteiger partial charge in [-0.15, -0.1) is 0 Å². The van der Waals surface area contributed by atoms with E-state index in [-0.39, 0.29) is 17.1 Å². The second-order valence-corrected chi connectivity index (χ2v) is 10.3. The van der Waals surface area contributed by atoms with Gasteiger partial charge in [0.1, 0.15) is 17.2 Å². The fourth-order valence-corrected chi connectivity index (χ4v) is 4.76. The molecule has 3 aliphatic heterocycles. The largest absolute Gasteiger partial charge is 0.487 e. The molecule has 1 saturated heterocycles.